The molecule has 35 heavy (non-hydrogen) atoms. The molecule has 2 aliphatic heterocycles. The van der Waals surface area contributed by atoms with Crippen molar-refractivity contribution in [1.82, 2.24) is 24.6 Å². The van der Waals surface area contributed by atoms with Crippen LogP contribution in [0, 0.1) is 11.3 Å². The Morgan fingerprint density at radius 3 is 2.91 bits per heavy atom. The zero-order valence-electron chi connectivity index (χ0n) is 20.0. The average Bonchev–Trinajstić information content (AvgIpc) is 3.36. The topological polar surface area (TPSA) is 132 Å². The summed E-state index contributed by atoms with van der Waals surface area (Å²) >= 11 is 0. The quantitative estimate of drug-likeness (QED) is 0.516. The van der Waals surface area contributed by atoms with Crippen LogP contribution in [-0.2, 0) is 12.0 Å². The Bertz CT molecular complexity index is 1340. The number of hydrogen-bond donors (Lipinski definition) is 3. The summed E-state index contributed by atoms with van der Waals surface area (Å²) in [5, 5.41) is 30.5. The first-order chi connectivity index (χ1) is 16.8. The molecule has 1 unspecified atom stereocenters. The number of rotatable bonds is 5. The molecule has 0 aliphatic carbocycles. The molecule has 0 fully saturated rings. The lowest BCUT2D eigenvalue weighted by Crippen LogP contribution is -2.37. The number of nitrogens with zero attached hydrogens (tertiary/aromatic N) is 6. The molecule has 5 rings (SSSR count). The molecule has 1 aromatic carbocycles. The fraction of sp³-hybridized carbons (Fsp3) is 0.400. The van der Waals surface area contributed by atoms with Gasteiger partial charge in [-0.15, -0.1) is 0 Å². The van der Waals surface area contributed by atoms with Crippen LogP contribution in [0.1, 0.15) is 48.8 Å². The summed E-state index contributed by atoms with van der Waals surface area (Å²) in [5.74, 6) is 0.259. The highest BCUT2D eigenvalue weighted by molar-refractivity contribution is 5.98. The predicted molar refractivity (Wildman–Crippen MR) is 131 cm³/mol. The number of fused-ring (bicyclic) bond motifs is 2. The average molecular weight is 473 g/mol. The van der Waals surface area contributed by atoms with Crippen molar-refractivity contribution < 1.29 is 9.90 Å². The van der Waals surface area contributed by atoms with E-state index in [2.05, 4.69) is 31.8 Å². The lowest BCUT2D eigenvalue weighted by atomic mass is 9.83. The van der Waals surface area contributed by atoms with E-state index >= 15 is 0 Å². The molecule has 0 bridgehead atoms. The van der Waals surface area contributed by atoms with Gasteiger partial charge < -0.3 is 20.6 Å². The molecule has 1 amide bonds. The van der Waals surface area contributed by atoms with Crippen LogP contribution in [0.5, 0.6) is 0 Å². The van der Waals surface area contributed by atoms with Gasteiger partial charge in [-0.3, -0.25) is 9.48 Å². The van der Waals surface area contributed by atoms with Gasteiger partial charge in [-0.25, -0.2) is 9.97 Å². The first-order valence-corrected chi connectivity index (χ1v) is 11.7. The largest absolute Gasteiger partial charge is 0.395 e. The van der Waals surface area contributed by atoms with E-state index in [0.717, 1.165) is 23.2 Å². The number of anilines is 3. The van der Waals surface area contributed by atoms with Crippen molar-refractivity contribution >= 4 is 23.2 Å². The minimum Gasteiger partial charge on any atom is -0.395 e. The summed E-state index contributed by atoms with van der Waals surface area (Å²) in [4.78, 5) is 24.1. The van der Waals surface area contributed by atoms with Crippen molar-refractivity contribution in [2.24, 2.45) is 0 Å². The summed E-state index contributed by atoms with van der Waals surface area (Å²) in [6.45, 7) is 7.85. The molecule has 0 radical (unpaired) electrons. The summed E-state index contributed by atoms with van der Waals surface area (Å²) < 4.78 is 1.74. The molecule has 1 atom stereocenters. The van der Waals surface area contributed by atoms with Crippen LogP contribution in [0.25, 0.3) is 11.3 Å². The third-order valence-corrected chi connectivity index (χ3v) is 6.81. The van der Waals surface area contributed by atoms with Gasteiger partial charge in [0.1, 0.15) is 11.8 Å². The third-order valence-electron chi connectivity index (χ3n) is 6.81. The Morgan fingerprint density at radius 1 is 1.34 bits per heavy atom. The van der Waals surface area contributed by atoms with E-state index in [-0.39, 0.29) is 18.6 Å². The van der Waals surface area contributed by atoms with Gasteiger partial charge in [0.2, 0.25) is 5.95 Å². The van der Waals surface area contributed by atoms with Gasteiger partial charge in [0.25, 0.3) is 5.91 Å². The van der Waals surface area contributed by atoms with Gasteiger partial charge in [-0.05, 0) is 44.0 Å². The summed E-state index contributed by atoms with van der Waals surface area (Å²) in [5.41, 5.74) is 4.11. The Kier molecular flexibility index (Phi) is 5.65. The maximum Gasteiger partial charge on any atom is 0.274 e. The molecule has 0 saturated carbocycles. The standard InChI is InChI=1S/C25H28N8O2/c1-15(2)32-7-4-8-33-22(23(32)35)20(12-29-33)31-24-27-6-5-19(30-24)16-9-17(11-26)21-18(10-16)25(3,14-34)13-28-21/h5-6,9-10,12,15,28,34H,4,7-8,13-14H2,1-3H3,(H,27,30,31). The van der Waals surface area contributed by atoms with Crippen LogP contribution in [0.15, 0.2) is 30.6 Å². The van der Waals surface area contributed by atoms with E-state index in [0.29, 0.717) is 48.2 Å². The molecular formula is C25H28N8O2. The van der Waals surface area contributed by atoms with Crippen LogP contribution in [-0.4, -0.2) is 61.4 Å². The van der Waals surface area contributed by atoms with Crippen molar-refractivity contribution in [1.29, 1.82) is 5.26 Å². The number of amides is 1. The lowest BCUT2D eigenvalue weighted by Gasteiger charge is -2.24. The Morgan fingerprint density at radius 2 is 2.17 bits per heavy atom. The van der Waals surface area contributed by atoms with Gasteiger partial charge in [0.15, 0.2) is 0 Å². The molecule has 0 spiro atoms. The molecule has 10 heteroatoms. The molecule has 4 heterocycles. The number of hydrogen-bond acceptors (Lipinski definition) is 8. The van der Waals surface area contributed by atoms with E-state index in [1.54, 1.807) is 29.2 Å². The number of nitriles is 1. The molecule has 180 valence electrons. The maximum absolute atomic E-state index is 13.2. The fourth-order valence-electron chi connectivity index (χ4n) is 4.76. The second-order valence-corrected chi connectivity index (χ2v) is 9.60. The number of aliphatic hydroxyl groups excluding tert-OH is 1. The van der Waals surface area contributed by atoms with Crippen LogP contribution in [0.2, 0.25) is 0 Å². The first kappa shape index (κ1) is 22.8. The number of aryl methyl sites for hydroxylation is 1. The summed E-state index contributed by atoms with van der Waals surface area (Å²) in [7, 11) is 0. The Hall–Kier alpha value is -3.97. The van der Waals surface area contributed by atoms with Crippen LogP contribution >= 0.6 is 0 Å². The van der Waals surface area contributed by atoms with Gasteiger partial charge in [-0.2, -0.15) is 10.4 Å². The number of carbonyl (C=O) groups is 1. The first-order valence-electron chi connectivity index (χ1n) is 11.7. The van der Waals surface area contributed by atoms with E-state index in [1.165, 1.54) is 0 Å². The smallest absolute Gasteiger partial charge is 0.274 e. The number of aliphatic hydroxyl groups is 1. The Balaban J connectivity index is 1.50. The van der Waals surface area contributed by atoms with Gasteiger partial charge in [-0.1, -0.05) is 6.92 Å². The lowest BCUT2D eigenvalue weighted by molar-refractivity contribution is 0.0710. The van der Waals surface area contributed by atoms with Crippen molar-refractivity contribution in [3.63, 3.8) is 0 Å². The van der Waals surface area contributed by atoms with E-state index < -0.39 is 5.41 Å². The molecular weight excluding hydrogens is 444 g/mol. The van der Waals surface area contributed by atoms with Gasteiger partial charge >= 0.3 is 0 Å². The SMILES string of the molecule is CC(C)N1CCCn2ncc(Nc3nccc(-c4cc(C#N)c5c(c4)C(C)(CO)CN5)n3)c2C1=O. The predicted octanol–water partition coefficient (Wildman–Crippen LogP) is 2.89. The molecule has 0 saturated heterocycles. The second kappa shape index (κ2) is 8.67. The Labute approximate surface area is 203 Å². The molecule has 3 N–H and O–H groups in total. The highest BCUT2D eigenvalue weighted by Crippen LogP contribution is 2.41. The normalized spacial score (nSPS) is 19.1. The van der Waals surface area contributed by atoms with Crippen LogP contribution in [0.3, 0.4) is 0 Å². The van der Waals surface area contributed by atoms with E-state index in [4.69, 9.17) is 0 Å². The number of benzene rings is 1. The fourth-order valence-corrected chi connectivity index (χ4v) is 4.76. The molecule has 2 aromatic heterocycles. The minimum absolute atomic E-state index is 0.0356. The molecule has 10 nitrogen and oxygen atoms in total. The van der Waals surface area contributed by atoms with Gasteiger partial charge in [0.05, 0.1) is 35.4 Å². The zero-order valence-corrected chi connectivity index (χ0v) is 20.0. The van der Waals surface area contributed by atoms with E-state index in [1.807, 2.05) is 31.7 Å². The number of carbonyl (C=O) groups excluding carboxylic acids is 1. The summed E-state index contributed by atoms with van der Waals surface area (Å²) in [6.07, 6.45) is 4.11. The maximum atomic E-state index is 13.2. The van der Waals surface area contributed by atoms with Crippen LogP contribution in [0.4, 0.5) is 17.3 Å². The van der Waals surface area contributed by atoms with Crippen molar-refractivity contribution in [3.8, 4) is 17.3 Å². The molecule has 2 aliphatic rings. The van der Waals surface area contributed by atoms with E-state index in [9.17, 15) is 15.2 Å². The zero-order chi connectivity index (χ0) is 24.7. The summed E-state index contributed by atoms with van der Waals surface area (Å²) in [6, 6.07) is 7.87. The minimum atomic E-state index is -0.483. The van der Waals surface area contributed by atoms with Crippen LogP contribution < -0.4 is 10.6 Å². The highest BCUT2D eigenvalue weighted by Gasteiger charge is 2.36. The number of aromatic nitrogens is 4. The van der Waals surface area contributed by atoms with Crippen molar-refractivity contribution in [3.05, 3.63) is 47.4 Å². The van der Waals surface area contributed by atoms with Crippen molar-refractivity contribution in [2.45, 2.75) is 45.2 Å². The van der Waals surface area contributed by atoms with Gasteiger partial charge in [0, 0.05) is 42.9 Å². The third kappa shape index (κ3) is 3.88. The highest BCUT2D eigenvalue weighted by atomic mass is 16.3. The van der Waals surface area contributed by atoms with Crippen molar-refractivity contribution in [2.75, 3.05) is 30.3 Å². The number of nitrogens with one attached hydrogen (secondary N) is 2. The molecule has 3 aromatic rings. The monoisotopic (exact) mass is 472 g/mol. The second-order valence-electron chi connectivity index (χ2n) is 9.60.